The Morgan fingerprint density at radius 1 is 1.47 bits per heavy atom. The van der Waals surface area contributed by atoms with Crippen LogP contribution in [0.25, 0.3) is 0 Å². The third-order valence-electron chi connectivity index (χ3n) is 2.66. The second-order valence-corrected chi connectivity index (χ2v) is 5.12. The molecule has 0 aliphatic rings. The third kappa shape index (κ3) is 3.41. The molecule has 0 fully saturated rings. The lowest BCUT2D eigenvalue weighted by molar-refractivity contribution is -0.118. The summed E-state index contributed by atoms with van der Waals surface area (Å²) in [6, 6.07) is 6.51. The van der Waals surface area contributed by atoms with Crippen LogP contribution in [0.15, 0.2) is 33.7 Å². The second kappa shape index (κ2) is 5.97. The first-order chi connectivity index (χ1) is 9.08. The lowest BCUT2D eigenvalue weighted by Gasteiger charge is -1.99. The monoisotopic (exact) mass is 280 g/mol. The Balaban J connectivity index is 2.01. The van der Waals surface area contributed by atoms with Crippen molar-refractivity contribution in [2.24, 2.45) is 0 Å². The average Bonchev–Trinajstić information content (AvgIpc) is 2.85. The zero-order valence-corrected chi connectivity index (χ0v) is 11.4. The van der Waals surface area contributed by atoms with Crippen LogP contribution in [-0.4, -0.2) is 15.9 Å². The van der Waals surface area contributed by atoms with Gasteiger partial charge in [-0.05, 0) is 26.0 Å². The molecule has 1 aromatic carbocycles. The van der Waals surface area contributed by atoms with Gasteiger partial charge in [-0.3, -0.25) is 4.79 Å². The van der Waals surface area contributed by atoms with Gasteiger partial charge >= 0.3 is 0 Å². The highest BCUT2D eigenvalue weighted by molar-refractivity contribution is 7.98. The SMILES string of the molecule is CC(=O)C(C)c1nc(CSc2ccccc2F)no1. The Hall–Kier alpha value is -1.69. The molecule has 0 saturated carbocycles. The van der Waals surface area contributed by atoms with Crippen molar-refractivity contribution in [2.75, 3.05) is 0 Å². The molecule has 0 bridgehead atoms. The van der Waals surface area contributed by atoms with E-state index in [0.29, 0.717) is 22.4 Å². The van der Waals surface area contributed by atoms with Crippen molar-refractivity contribution in [3.05, 3.63) is 41.8 Å². The summed E-state index contributed by atoms with van der Waals surface area (Å²) in [6.07, 6.45) is 0. The molecule has 0 N–H and O–H groups in total. The fourth-order valence-corrected chi connectivity index (χ4v) is 2.16. The van der Waals surface area contributed by atoms with Crippen molar-refractivity contribution in [3.63, 3.8) is 0 Å². The van der Waals surface area contributed by atoms with Gasteiger partial charge < -0.3 is 4.52 Å². The third-order valence-corrected chi connectivity index (χ3v) is 3.70. The summed E-state index contributed by atoms with van der Waals surface area (Å²) in [5.74, 6) is 0.452. The summed E-state index contributed by atoms with van der Waals surface area (Å²) in [7, 11) is 0. The number of ketones is 1. The Kier molecular flexibility index (Phi) is 4.31. The first kappa shape index (κ1) is 13.7. The average molecular weight is 280 g/mol. The fraction of sp³-hybridized carbons (Fsp3) is 0.308. The first-order valence-corrected chi connectivity index (χ1v) is 6.76. The number of rotatable bonds is 5. The van der Waals surface area contributed by atoms with Crippen LogP contribution in [0.1, 0.15) is 31.5 Å². The number of nitrogens with zero attached hydrogens (tertiary/aromatic N) is 2. The number of hydrogen-bond donors (Lipinski definition) is 0. The van der Waals surface area contributed by atoms with Gasteiger partial charge in [-0.15, -0.1) is 11.8 Å². The standard InChI is InChI=1S/C13H13FN2O2S/c1-8(9(2)17)13-15-12(16-18-13)7-19-11-6-4-3-5-10(11)14/h3-6,8H,7H2,1-2H3. The molecule has 1 aromatic heterocycles. The summed E-state index contributed by atoms with van der Waals surface area (Å²) in [5.41, 5.74) is 0. The van der Waals surface area contributed by atoms with Crippen LogP contribution < -0.4 is 0 Å². The summed E-state index contributed by atoms with van der Waals surface area (Å²) in [6.45, 7) is 3.19. The molecule has 6 heteroatoms. The van der Waals surface area contributed by atoms with Crippen molar-refractivity contribution in [1.29, 1.82) is 0 Å². The molecule has 0 amide bonds. The van der Waals surface area contributed by atoms with Crippen LogP contribution in [0.5, 0.6) is 0 Å². The van der Waals surface area contributed by atoms with E-state index in [0.717, 1.165) is 0 Å². The number of carbonyl (C=O) groups excluding carboxylic acids is 1. The van der Waals surface area contributed by atoms with Gasteiger partial charge in [0.25, 0.3) is 0 Å². The van der Waals surface area contributed by atoms with Gasteiger partial charge in [0, 0.05) is 4.90 Å². The van der Waals surface area contributed by atoms with Crippen molar-refractivity contribution in [3.8, 4) is 0 Å². The van der Waals surface area contributed by atoms with E-state index in [2.05, 4.69) is 10.1 Å². The molecular weight excluding hydrogens is 267 g/mol. The zero-order valence-electron chi connectivity index (χ0n) is 10.6. The quantitative estimate of drug-likeness (QED) is 0.787. The first-order valence-electron chi connectivity index (χ1n) is 5.78. The number of halogens is 1. The molecule has 2 rings (SSSR count). The van der Waals surface area contributed by atoms with E-state index >= 15 is 0 Å². The number of carbonyl (C=O) groups is 1. The zero-order chi connectivity index (χ0) is 13.8. The number of thioether (sulfide) groups is 1. The summed E-state index contributed by atoms with van der Waals surface area (Å²) < 4.78 is 18.4. The second-order valence-electron chi connectivity index (χ2n) is 4.10. The van der Waals surface area contributed by atoms with Crippen molar-refractivity contribution < 1.29 is 13.7 Å². The summed E-state index contributed by atoms with van der Waals surface area (Å²) in [4.78, 5) is 15.9. The minimum Gasteiger partial charge on any atom is -0.339 e. The molecule has 4 nitrogen and oxygen atoms in total. The van der Waals surface area contributed by atoms with Crippen LogP contribution in [0.4, 0.5) is 4.39 Å². The Bertz CT molecular complexity index is 586. The molecule has 0 radical (unpaired) electrons. The highest BCUT2D eigenvalue weighted by atomic mass is 32.2. The highest BCUT2D eigenvalue weighted by Crippen LogP contribution is 2.24. The van der Waals surface area contributed by atoms with E-state index in [9.17, 15) is 9.18 Å². The Morgan fingerprint density at radius 3 is 2.89 bits per heavy atom. The maximum atomic E-state index is 13.4. The molecular formula is C13H13FN2O2S. The minimum atomic E-state index is -0.403. The maximum Gasteiger partial charge on any atom is 0.236 e. The molecule has 1 heterocycles. The normalized spacial score (nSPS) is 12.4. The molecule has 1 unspecified atom stereocenters. The number of benzene rings is 1. The van der Waals surface area contributed by atoms with Gasteiger partial charge in [-0.1, -0.05) is 17.3 Å². The van der Waals surface area contributed by atoms with Gasteiger partial charge in [0.15, 0.2) is 5.82 Å². The summed E-state index contributed by atoms with van der Waals surface area (Å²) >= 11 is 1.29. The molecule has 0 spiro atoms. The van der Waals surface area contributed by atoms with E-state index in [-0.39, 0.29) is 11.6 Å². The Labute approximate surface area is 114 Å². The van der Waals surface area contributed by atoms with E-state index in [1.165, 1.54) is 24.8 Å². The van der Waals surface area contributed by atoms with Gasteiger partial charge in [-0.2, -0.15) is 4.98 Å². The smallest absolute Gasteiger partial charge is 0.236 e. The minimum absolute atomic E-state index is 0.0306. The van der Waals surface area contributed by atoms with E-state index in [4.69, 9.17) is 4.52 Å². The van der Waals surface area contributed by atoms with Crippen LogP contribution in [-0.2, 0) is 10.5 Å². The molecule has 1 atom stereocenters. The number of Topliss-reactive ketones (excluding diaryl/α,β-unsaturated/α-hetero) is 1. The lowest BCUT2D eigenvalue weighted by atomic mass is 10.1. The topological polar surface area (TPSA) is 56.0 Å². The molecule has 0 aliphatic heterocycles. The van der Waals surface area contributed by atoms with Crippen molar-refractivity contribution in [1.82, 2.24) is 10.1 Å². The molecule has 0 aliphatic carbocycles. The Morgan fingerprint density at radius 2 is 2.21 bits per heavy atom. The molecule has 19 heavy (non-hydrogen) atoms. The molecule has 2 aromatic rings. The van der Waals surface area contributed by atoms with Crippen molar-refractivity contribution in [2.45, 2.75) is 30.4 Å². The largest absolute Gasteiger partial charge is 0.339 e. The number of hydrogen-bond acceptors (Lipinski definition) is 5. The van der Waals surface area contributed by atoms with Crippen LogP contribution in [0, 0.1) is 5.82 Å². The van der Waals surface area contributed by atoms with E-state index in [1.807, 2.05) is 0 Å². The van der Waals surface area contributed by atoms with Crippen molar-refractivity contribution >= 4 is 17.5 Å². The van der Waals surface area contributed by atoms with Crippen LogP contribution in [0.2, 0.25) is 0 Å². The maximum absolute atomic E-state index is 13.4. The lowest BCUT2D eigenvalue weighted by Crippen LogP contribution is -2.04. The van der Waals surface area contributed by atoms with Gasteiger partial charge in [0.2, 0.25) is 5.89 Å². The predicted molar refractivity (Wildman–Crippen MR) is 69.4 cm³/mol. The van der Waals surface area contributed by atoms with Crippen LogP contribution >= 0.6 is 11.8 Å². The number of aromatic nitrogens is 2. The summed E-state index contributed by atoms with van der Waals surface area (Å²) in [5, 5.41) is 3.78. The van der Waals surface area contributed by atoms with Gasteiger partial charge in [0.05, 0.1) is 11.7 Å². The van der Waals surface area contributed by atoms with Crippen LogP contribution in [0.3, 0.4) is 0 Å². The van der Waals surface area contributed by atoms with E-state index < -0.39 is 5.92 Å². The molecule has 100 valence electrons. The van der Waals surface area contributed by atoms with Gasteiger partial charge in [0.1, 0.15) is 11.6 Å². The highest BCUT2D eigenvalue weighted by Gasteiger charge is 2.18. The van der Waals surface area contributed by atoms with Gasteiger partial charge in [-0.25, -0.2) is 4.39 Å². The predicted octanol–water partition coefficient (Wildman–Crippen LogP) is 3.19. The fourth-order valence-electron chi connectivity index (χ4n) is 1.38. The van der Waals surface area contributed by atoms with E-state index in [1.54, 1.807) is 25.1 Å². The molecule has 0 saturated heterocycles.